The zero-order valence-corrected chi connectivity index (χ0v) is 17.3. The van der Waals surface area contributed by atoms with Crippen LogP contribution in [0.2, 0.25) is 0 Å². The molecule has 1 heterocycles. The molecule has 0 fully saturated rings. The summed E-state index contributed by atoms with van der Waals surface area (Å²) in [6, 6.07) is 20.8. The van der Waals surface area contributed by atoms with Crippen molar-refractivity contribution in [2.45, 2.75) is 26.3 Å². The number of nitrogens with one attached hydrogen (secondary N) is 2. The van der Waals surface area contributed by atoms with Gasteiger partial charge in [-0.1, -0.05) is 61.0 Å². The van der Waals surface area contributed by atoms with Gasteiger partial charge in [0.2, 0.25) is 0 Å². The van der Waals surface area contributed by atoms with E-state index in [1.807, 2.05) is 73.8 Å². The summed E-state index contributed by atoms with van der Waals surface area (Å²) in [6.07, 6.45) is 2.46. The monoisotopic (exact) mass is 404 g/mol. The van der Waals surface area contributed by atoms with Crippen LogP contribution in [0.4, 0.5) is 0 Å². The maximum absolute atomic E-state index is 13.1. The van der Waals surface area contributed by atoms with E-state index in [4.69, 9.17) is 0 Å². The fraction of sp³-hybridized carbons (Fsp3) is 0.167. The molecule has 0 radical (unpaired) electrons. The van der Waals surface area contributed by atoms with Gasteiger partial charge < -0.3 is 10.6 Å². The van der Waals surface area contributed by atoms with Crippen LogP contribution in [0, 0.1) is 6.92 Å². The van der Waals surface area contributed by atoms with Crippen LogP contribution in [0.15, 0.2) is 77.8 Å². The Labute approximate surface area is 175 Å². The molecule has 1 aromatic heterocycles. The molecule has 0 aliphatic carbocycles. The molecule has 4 nitrogen and oxygen atoms in total. The van der Waals surface area contributed by atoms with Crippen LogP contribution in [0.5, 0.6) is 0 Å². The predicted octanol–water partition coefficient (Wildman–Crippen LogP) is 5.09. The van der Waals surface area contributed by atoms with Crippen LogP contribution in [0.3, 0.4) is 0 Å². The summed E-state index contributed by atoms with van der Waals surface area (Å²) in [4.78, 5) is 26.7. The highest BCUT2D eigenvalue weighted by molar-refractivity contribution is 7.10. The smallest absolute Gasteiger partial charge is 0.268 e. The van der Waals surface area contributed by atoms with Gasteiger partial charge in [-0.15, -0.1) is 11.3 Å². The second kappa shape index (κ2) is 9.85. The van der Waals surface area contributed by atoms with Gasteiger partial charge in [-0.2, -0.15) is 0 Å². The van der Waals surface area contributed by atoms with Crippen LogP contribution in [-0.4, -0.2) is 11.8 Å². The molecule has 0 spiro atoms. The van der Waals surface area contributed by atoms with Crippen molar-refractivity contribution >= 4 is 29.2 Å². The third-order valence-electron chi connectivity index (χ3n) is 4.52. The fourth-order valence-electron chi connectivity index (χ4n) is 3.00. The van der Waals surface area contributed by atoms with Crippen molar-refractivity contribution in [3.63, 3.8) is 0 Å². The van der Waals surface area contributed by atoms with E-state index in [0.717, 1.165) is 22.4 Å². The highest BCUT2D eigenvalue weighted by Crippen LogP contribution is 2.18. The minimum absolute atomic E-state index is 0.133. The Kier molecular flexibility index (Phi) is 6.98. The first-order valence-electron chi connectivity index (χ1n) is 9.56. The number of benzene rings is 2. The van der Waals surface area contributed by atoms with E-state index in [-0.39, 0.29) is 23.6 Å². The van der Waals surface area contributed by atoms with Gasteiger partial charge in [0.15, 0.2) is 0 Å². The number of carbonyl (C=O) groups excluding carboxylic acids is 2. The number of amides is 2. The average molecular weight is 405 g/mol. The summed E-state index contributed by atoms with van der Waals surface area (Å²) in [7, 11) is 0. The van der Waals surface area contributed by atoms with Crippen molar-refractivity contribution in [1.82, 2.24) is 10.6 Å². The fourth-order valence-corrected chi connectivity index (χ4v) is 3.65. The minimum atomic E-state index is -0.310. The van der Waals surface area contributed by atoms with Crippen molar-refractivity contribution in [2.75, 3.05) is 0 Å². The molecule has 2 amide bonds. The molecule has 0 aliphatic heterocycles. The Bertz CT molecular complexity index is 995. The zero-order chi connectivity index (χ0) is 20.6. The lowest BCUT2D eigenvalue weighted by Gasteiger charge is -2.19. The van der Waals surface area contributed by atoms with Gasteiger partial charge in [-0.05, 0) is 48.6 Å². The van der Waals surface area contributed by atoms with Gasteiger partial charge in [0.25, 0.3) is 11.8 Å². The van der Waals surface area contributed by atoms with E-state index >= 15 is 0 Å². The summed E-state index contributed by atoms with van der Waals surface area (Å²) >= 11 is 1.51. The van der Waals surface area contributed by atoms with Crippen LogP contribution in [0.1, 0.15) is 45.7 Å². The van der Waals surface area contributed by atoms with Crippen molar-refractivity contribution in [2.24, 2.45) is 0 Å². The van der Waals surface area contributed by atoms with E-state index < -0.39 is 0 Å². The minimum Gasteiger partial charge on any atom is -0.344 e. The van der Waals surface area contributed by atoms with Crippen molar-refractivity contribution in [3.05, 3.63) is 99.4 Å². The standard InChI is InChI=1S/C24H24N2O2S/c1-3-21(18-10-5-4-6-11-18)25-24(28)22(16-20-13-8-14-29-20)26-23(27)19-12-7-9-17(2)15-19/h4-16,21H,3H2,1-2H3,(H,25,28)(H,26,27)/b22-16-/t21-/m1/s1. The summed E-state index contributed by atoms with van der Waals surface area (Å²) in [5.74, 6) is -0.616. The molecular formula is C24H24N2O2S. The number of hydrogen-bond acceptors (Lipinski definition) is 3. The molecule has 1 atom stereocenters. The second-order valence-electron chi connectivity index (χ2n) is 6.74. The largest absolute Gasteiger partial charge is 0.344 e. The summed E-state index contributed by atoms with van der Waals surface area (Å²) in [5, 5.41) is 7.78. The lowest BCUT2D eigenvalue weighted by atomic mass is 10.0. The molecule has 0 unspecified atom stereocenters. The molecular weight excluding hydrogens is 380 g/mol. The summed E-state index contributed by atoms with van der Waals surface area (Å²) in [5.41, 5.74) is 2.77. The second-order valence-corrected chi connectivity index (χ2v) is 7.72. The molecule has 0 bridgehead atoms. The number of hydrogen-bond donors (Lipinski definition) is 2. The first kappa shape index (κ1) is 20.6. The van der Waals surface area contributed by atoms with E-state index in [0.29, 0.717) is 5.56 Å². The molecule has 2 N–H and O–H groups in total. The van der Waals surface area contributed by atoms with Gasteiger partial charge >= 0.3 is 0 Å². The maximum atomic E-state index is 13.1. The number of carbonyl (C=O) groups is 2. The van der Waals surface area contributed by atoms with Gasteiger partial charge in [-0.3, -0.25) is 9.59 Å². The van der Waals surface area contributed by atoms with E-state index in [2.05, 4.69) is 10.6 Å². The van der Waals surface area contributed by atoms with Crippen LogP contribution < -0.4 is 10.6 Å². The van der Waals surface area contributed by atoms with Crippen LogP contribution >= 0.6 is 11.3 Å². The molecule has 148 valence electrons. The van der Waals surface area contributed by atoms with Gasteiger partial charge in [0, 0.05) is 10.4 Å². The lowest BCUT2D eigenvalue weighted by Crippen LogP contribution is -2.36. The highest BCUT2D eigenvalue weighted by atomic mass is 32.1. The van der Waals surface area contributed by atoms with Crippen molar-refractivity contribution in [3.8, 4) is 0 Å². The maximum Gasteiger partial charge on any atom is 0.268 e. The molecule has 0 aliphatic rings. The lowest BCUT2D eigenvalue weighted by molar-refractivity contribution is -0.118. The molecule has 2 aromatic carbocycles. The Hall–Kier alpha value is -3.18. The summed E-state index contributed by atoms with van der Waals surface area (Å²) in [6.45, 7) is 3.95. The van der Waals surface area contributed by atoms with Crippen molar-refractivity contribution < 1.29 is 9.59 Å². The highest BCUT2D eigenvalue weighted by Gasteiger charge is 2.19. The van der Waals surface area contributed by atoms with Crippen LogP contribution in [0.25, 0.3) is 6.08 Å². The number of thiophene rings is 1. The van der Waals surface area contributed by atoms with Gasteiger partial charge in [0.05, 0.1) is 6.04 Å². The van der Waals surface area contributed by atoms with E-state index in [9.17, 15) is 9.59 Å². The van der Waals surface area contributed by atoms with Crippen LogP contribution in [-0.2, 0) is 4.79 Å². The van der Waals surface area contributed by atoms with Crippen molar-refractivity contribution in [1.29, 1.82) is 0 Å². The number of aryl methyl sites for hydroxylation is 1. The zero-order valence-electron chi connectivity index (χ0n) is 16.5. The van der Waals surface area contributed by atoms with E-state index in [1.165, 1.54) is 11.3 Å². The molecule has 0 saturated carbocycles. The molecule has 0 saturated heterocycles. The predicted molar refractivity (Wildman–Crippen MR) is 119 cm³/mol. The first-order chi connectivity index (χ1) is 14.1. The molecule has 3 rings (SSSR count). The number of rotatable bonds is 7. The SMILES string of the molecule is CC[C@@H](NC(=O)/C(=C/c1cccs1)NC(=O)c1cccc(C)c1)c1ccccc1. The molecule has 29 heavy (non-hydrogen) atoms. The van der Waals surface area contributed by atoms with Gasteiger partial charge in [-0.25, -0.2) is 0 Å². The third-order valence-corrected chi connectivity index (χ3v) is 5.34. The topological polar surface area (TPSA) is 58.2 Å². The quantitative estimate of drug-likeness (QED) is 0.539. The molecule has 5 heteroatoms. The Morgan fingerprint density at radius 2 is 1.83 bits per heavy atom. The first-order valence-corrected chi connectivity index (χ1v) is 10.4. The Balaban J connectivity index is 1.83. The third kappa shape index (κ3) is 5.65. The Morgan fingerprint density at radius 1 is 1.03 bits per heavy atom. The Morgan fingerprint density at radius 3 is 2.48 bits per heavy atom. The summed E-state index contributed by atoms with van der Waals surface area (Å²) < 4.78 is 0. The average Bonchev–Trinajstić information content (AvgIpc) is 3.25. The van der Waals surface area contributed by atoms with E-state index in [1.54, 1.807) is 18.2 Å². The van der Waals surface area contributed by atoms with Gasteiger partial charge in [0.1, 0.15) is 5.70 Å². The normalized spacial score (nSPS) is 12.3. The molecule has 3 aromatic rings.